The molecule has 0 saturated heterocycles. The third-order valence-electron chi connectivity index (χ3n) is 2.65. The van der Waals surface area contributed by atoms with E-state index in [-0.39, 0.29) is 6.04 Å². The van der Waals surface area contributed by atoms with E-state index in [1.807, 2.05) is 18.3 Å². The molecule has 0 radical (unpaired) electrons. The van der Waals surface area contributed by atoms with Crippen molar-refractivity contribution in [1.29, 1.82) is 0 Å². The first kappa shape index (κ1) is 12.7. The molecule has 2 unspecified atom stereocenters. The van der Waals surface area contributed by atoms with E-state index in [0.29, 0.717) is 6.04 Å². The van der Waals surface area contributed by atoms with E-state index >= 15 is 0 Å². The van der Waals surface area contributed by atoms with E-state index in [9.17, 15) is 0 Å². The van der Waals surface area contributed by atoms with Crippen LogP contribution < -0.4 is 5.32 Å². The quantitative estimate of drug-likeness (QED) is 0.909. The lowest BCUT2D eigenvalue weighted by Crippen LogP contribution is -2.22. The van der Waals surface area contributed by atoms with E-state index < -0.39 is 0 Å². The number of thiophene rings is 1. The highest BCUT2D eigenvalue weighted by molar-refractivity contribution is 9.10. The second kappa shape index (κ2) is 5.76. The van der Waals surface area contributed by atoms with Gasteiger partial charge in [-0.15, -0.1) is 11.3 Å². The molecule has 2 heterocycles. The first-order chi connectivity index (χ1) is 8.16. The molecule has 0 aliphatic heterocycles. The van der Waals surface area contributed by atoms with Gasteiger partial charge in [-0.25, -0.2) is 0 Å². The number of halogens is 1. The Morgan fingerprint density at radius 2 is 2.12 bits per heavy atom. The number of pyridine rings is 1. The summed E-state index contributed by atoms with van der Waals surface area (Å²) in [5, 5.41) is 5.66. The smallest absolute Gasteiger partial charge is 0.0570 e. The Hall–Kier alpha value is -0.710. The molecular weight excluding hydrogens is 296 g/mol. The van der Waals surface area contributed by atoms with Crippen LogP contribution in [0.4, 0.5) is 0 Å². The van der Waals surface area contributed by atoms with Crippen LogP contribution in [0.1, 0.15) is 36.5 Å². The topological polar surface area (TPSA) is 24.9 Å². The van der Waals surface area contributed by atoms with E-state index in [0.717, 1.165) is 10.2 Å². The fourth-order valence-corrected chi connectivity index (χ4v) is 3.19. The van der Waals surface area contributed by atoms with Gasteiger partial charge >= 0.3 is 0 Å². The van der Waals surface area contributed by atoms with Crippen molar-refractivity contribution < 1.29 is 0 Å². The predicted octanol–water partition coefficient (Wildman–Crippen LogP) is 4.32. The fraction of sp³-hybridized carbons (Fsp3) is 0.308. The summed E-state index contributed by atoms with van der Waals surface area (Å²) in [4.78, 5) is 5.70. The highest BCUT2D eigenvalue weighted by Gasteiger charge is 2.13. The zero-order chi connectivity index (χ0) is 12.3. The first-order valence-corrected chi connectivity index (χ1v) is 7.25. The van der Waals surface area contributed by atoms with Crippen molar-refractivity contribution in [2.75, 3.05) is 0 Å². The molecule has 90 valence electrons. The molecule has 0 saturated carbocycles. The lowest BCUT2D eigenvalue weighted by atomic mass is 10.1. The maximum atomic E-state index is 4.36. The first-order valence-electron chi connectivity index (χ1n) is 5.57. The molecule has 2 aromatic heterocycles. The van der Waals surface area contributed by atoms with Crippen LogP contribution in [0.3, 0.4) is 0 Å². The van der Waals surface area contributed by atoms with Crippen molar-refractivity contribution >= 4 is 27.3 Å². The number of aromatic nitrogens is 1. The maximum absolute atomic E-state index is 4.36. The van der Waals surface area contributed by atoms with Crippen LogP contribution in [0.5, 0.6) is 0 Å². The molecule has 0 bridgehead atoms. The molecule has 2 rings (SSSR count). The van der Waals surface area contributed by atoms with Crippen molar-refractivity contribution in [3.05, 3.63) is 50.9 Å². The minimum Gasteiger partial charge on any atom is -0.301 e. The minimum atomic E-state index is 0.257. The van der Waals surface area contributed by atoms with E-state index in [2.05, 4.69) is 57.6 Å². The molecule has 2 atom stereocenters. The zero-order valence-electron chi connectivity index (χ0n) is 9.85. The molecule has 0 spiro atoms. The van der Waals surface area contributed by atoms with Gasteiger partial charge in [-0.3, -0.25) is 4.98 Å². The molecule has 0 amide bonds. The number of nitrogens with zero attached hydrogens (tertiary/aromatic N) is 1. The minimum absolute atomic E-state index is 0.257. The van der Waals surface area contributed by atoms with Gasteiger partial charge in [-0.2, -0.15) is 0 Å². The molecule has 2 aromatic rings. The standard InChI is InChI=1S/C13H15BrN2S/c1-9(12-5-3-4-6-15-12)16-10(2)13-7-11(14)8-17-13/h3-10,16H,1-2H3. The lowest BCUT2D eigenvalue weighted by molar-refractivity contribution is 0.491. The number of rotatable bonds is 4. The number of hydrogen-bond donors (Lipinski definition) is 1. The normalized spacial score (nSPS) is 14.5. The Balaban J connectivity index is 2.02. The van der Waals surface area contributed by atoms with Crippen LogP contribution in [0.2, 0.25) is 0 Å². The fourth-order valence-electron chi connectivity index (χ4n) is 1.73. The molecule has 0 aliphatic carbocycles. The molecule has 1 N–H and O–H groups in total. The summed E-state index contributed by atoms with van der Waals surface area (Å²) in [6.07, 6.45) is 1.83. The Labute approximate surface area is 114 Å². The number of hydrogen-bond acceptors (Lipinski definition) is 3. The predicted molar refractivity (Wildman–Crippen MR) is 76.2 cm³/mol. The molecule has 0 fully saturated rings. The van der Waals surface area contributed by atoms with E-state index in [1.165, 1.54) is 4.88 Å². The highest BCUT2D eigenvalue weighted by atomic mass is 79.9. The summed E-state index contributed by atoms with van der Waals surface area (Å²) in [6, 6.07) is 8.76. The van der Waals surface area contributed by atoms with Gasteiger partial charge in [-0.1, -0.05) is 6.07 Å². The SMILES string of the molecule is CC(NC(C)c1cc(Br)cs1)c1ccccn1. The number of nitrogens with one attached hydrogen (secondary N) is 1. The molecule has 4 heteroatoms. The summed E-state index contributed by atoms with van der Waals surface area (Å²) in [5.74, 6) is 0. The Kier molecular flexibility index (Phi) is 4.31. The summed E-state index contributed by atoms with van der Waals surface area (Å²) >= 11 is 5.25. The van der Waals surface area contributed by atoms with Gasteiger partial charge in [0.2, 0.25) is 0 Å². The lowest BCUT2D eigenvalue weighted by Gasteiger charge is -2.18. The molecule has 0 aliphatic rings. The van der Waals surface area contributed by atoms with Gasteiger partial charge in [0.05, 0.1) is 5.69 Å². The van der Waals surface area contributed by atoms with Crippen molar-refractivity contribution in [2.45, 2.75) is 25.9 Å². The van der Waals surface area contributed by atoms with Crippen LogP contribution in [0.25, 0.3) is 0 Å². The Bertz CT molecular complexity index is 469. The van der Waals surface area contributed by atoms with Crippen molar-refractivity contribution in [1.82, 2.24) is 10.3 Å². The molecule has 2 nitrogen and oxygen atoms in total. The second-order valence-corrected chi connectivity index (χ2v) is 5.89. The van der Waals surface area contributed by atoms with Crippen molar-refractivity contribution in [3.8, 4) is 0 Å². The van der Waals surface area contributed by atoms with Gasteiger partial charge in [0.1, 0.15) is 0 Å². The average Bonchev–Trinajstić information content (AvgIpc) is 2.77. The Morgan fingerprint density at radius 3 is 2.71 bits per heavy atom. The highest BCUT2D eigenvalue weighted by Crippen LogP contribution is 2.26. The van der Waals surface area contributed by atoms with Crippen molar-refractivity contribution in [3.63, 3.8) is 0 Å². The third-order valence-corrected chi connectivity index (χ3v) is 4.52. The van der Waals surface area contributed by atoms with Crippen LogP contribution in [0.15, 0.2) is 40.3 Å². The van der Waals surface area contributed by atoms with Gasteiger partial charge in [0.15, 0.2) is 0 Å². The average molecular weight is 311 g/mol. The summed E-state index contributed by atoms with van der Waals surface area (Å²) < 4.78 is 1.15. The summed E-state index contributed by atoms with van der Waals surface area (Å²) in [7, 11) is 0. The molecule has 17 heavy (non-hydrogen) atoms. The van der Waals surface area contributed by atoms with Crippen molar-refractivity contribution in [2.24, 2.45) is 0 Å². The van der Waals surface area contributed by atoms with Gasteiger partial charge in [0.25, 0.3) is 0 Å². The third kappa shape index (κ3) is 3.37. The van der Waals surface area contributed by atoms with Gasteiger partial charge < -0.3 is 5.32 Å². The monoisotopic (exact) mass is 310 g/mol. The van der Waals surface area contributed by atoms with Crippen LogP contribution in [-0.4, -0.2) is 4.98 Å². The van der Waals surface area contributed by atoms with Crippen LogP contribution in [0, 0.1) is 0 Å². The second-order valence-electron chi connectivity index (χ2n) is 4.03. The van der Waals surface area contributed by atoms with Crippen LogP contribution in [-0.2, 0) is 0 Å². The summed E-state index contributed by atoms with van der Waals surface area (Å²) in [6.45, 7) is 4.32. The zero-order valence-corrected chi connectivity index (χ0v) is 12.3. The van der Waals surface area contributed by atoms with E-state index in [1.54, 1.807) is 11.3 Å². The largest absolute Gasteiger partial charge is 0.301 e. The maximum Gasteiger partial charge on any atom is 0.0570 e. The molecular formula is C13H15BrN2S. The van der Waals surface area contributed by atoms with Gasteiger partial charge in [0, 0.05) is 33.0 Å². The molecule has 0 aromatic carbocycles. The van der Waals surface area contributed by atoms with Crippen LogP contribution >= 0.6 is 27.3 Å². The van der Waals surface area contributed by atoms with E-state index in [4.69, 9.17) is 0 Å². The summed E-state index contributed by atoms with van der Waals surface area (Å²) in [5.41, 5.74) is 1.08. The van der Waals surface area contributed by atoms with Gasteiger partial charge in [-0.05, 0) is 48.0 Å². The Morgan fingerprint density at radius 1 is 1.29 bits per heavy atom.